The minimum atomic E-state index is -0.583. The summed E-state index contributed by atoms with van der Waals surface area (Å²) in [6.07, 6.45) is 0.151. The van der Waals surface area contributed by atoms with Gasteiger partial charge < -0.3 is 10.5 Å². The number of nitrogens with two attached hydrogens (primary N) is 1. The summed E-state index contributed by atoms with van der Waals surface area (Å²) >= 11 is 0. The Hall–Kier alpha value is -1.92. The van der Waals surface area contributed by atoms with Crippen molar-refractivity contribution in [2.75, 3.05) is 0 Å². The Bertz CT molecular complexity index is 459. The van der Waals surface area contributed by atoms with E-state index in [-0.39, 0.29) is 12.1 Å². The van der Waals surface area contributed by atoms with E-state index in [4.69, 9.17) is 10.5 Å². The number of carbonyl (C=O) groups excluding carboxylic acids is 2. The zero-order valence-electron chi connectivity index (χ0n) is 11.1. The van der Waals surface area contributed by atoms with E-state index in [1.54, 1.807) is 27.7 Å². The fourth-order valence-electron chi connectivity index (χ4n) is 1.30. The maximum Gasteiger partial charge on any atom is 0.361 e. The lowest BCUT2D eigenvalue weighted by molar-refractivity contribution is -0.118. The lowest BCUT2D eigenvalue weighted by Crippen LogP contribution is -2.24. The molecule has 1 rings (SSSR count). The second-order valence-corrected chi connectivity index (χ2v) is 4.96. The maximum atomic E-state index is 11.8. The Morgan fingerprint density at radius 2 is 2.00 bits per heavy atom. The van der Waals surface area contributed by atoms with Crippen molar-refractivity contribution < 1.29 is 14.3 Å². The van der Waals surface area contributed by atoms with E-state index in [9.17, 15) is 9.59 Å². The van der Waals surface area contributed by atoms with Gasteiger partial charge in [0, 0.05) is 6.42 Å². The third-order valence-electron chi connectivity index (χ3n) is 2.14. The third-order valence-corrected chi connectivity index (χ3v) is 2.14. The smallest absolute Gasteiger partial charge is 0.361 e. The molecule has 7 heteroatoms. The summed E-state index contributed by atoms with van der Waals surface area (Å²) in [7, 11) is 0. The topological polar surface area (TPSA) is 100 Å². The highest BCUT2D eigenvalue weighted by Gasteiger charge is 2.23. The monoisotopic (exact) mass is 254 g/mol. The van der Waals surface area contributed by atoms with Crippen LogP contribution in [0, 0.1) is 6.92 Å². The van der Waals surface area contributed by atoms with Crippen molar-refractivity contribution in [3.63, 3.8) is 0 Å². The first-order valence-electron chi connectivity index (χ1n) is 5.62. The van der Waals surface area contributed by atoms with Crippen LogP contribution in [0.1, 0.15) is 43.4 Å². The summed E-state index contributed by atoms with van der Waals surface area (Å²) in [5.74, 6) is -0.950. The molecule has 0 atom stereocenters. The van der Waals surface area contributed by atoms with Crippen LogP contribution in [0.25, 0.3) is 0 Å². The van der Waals surface area contributed by atoms with Gasteiger partial charge in [-0.3, -0.25) is 4.79 Å². The second-order valence-electron chi connectivity index (χ2n) is 4.96. The van der Waals surface area contributed by atoms with Gasteiger partial charge in [-0.05, 0) is 27.7 Å². The molecular weight excluding hydrogens is 236 g/mol. The van der Waals surface area contributed by atoms with Crippen LogP contribution in [0.15, 0.2) is 0 Å². The van der Waals surface area contributed by atoms with E-state index in [1.165, 1.54) is 4.68 Å². The largest absolute Gasteiger partial charge is 0.455 e. The molecule has 1 aromatic heterocycles. The molecule has 0 fully saturated rings. The third kappa shape index (κ3) is 3.83. The molecule has 0 bridgehead atoms. The van der Waals surface area contributed by atoms with Crippen LogP contribution < -0.4 is 5.73 Å². The number of esters is 1. The first-order chi connectivity index (χ1) is 8.20. The number of hydrogen-bond acceptors (Lipinski definition) is 5. The fraction of sp³-hybridized carbons (Fsp3) is 0.636. The number of nitrogens with zero attached hydrogens (tertiary/aromatic N) is 3. The molecule has 0 spiro atoms. The van der Waals surface area contributed by atoms with Crippen molar-refractivity contribution in [1.29, 1.82) is 0 Å². The van der Waals surface area contributed by atoms with Gasteiger partial charge in [-0.25, -0.2) is 9.48 Å². The molecule has 0 unspecified atom stereocenters. The van der Waals surface area contributed by atoms with E-state index in [2.05, 4.69) is 10.3 Å². The molecule has 0 saturated heterocycles. The normalized spacial score (nSPS) is 11.3. The summed E-state index contributed by atoms with van der Waals surface area (Å²) in [5.41, 5.74) is 5.19. The Kier molecular flexibility index (Phi) is 4.05. The van der Waals surface area contributed by atoms with Gasteiger partial charge in [-0.15, -0.1) is 5.10 Å². The van der Waals surface area contributed by atoms with Crippen LogP contribution in [0.2, 0.25) is 0 Å². The maximum absolute atomic E-state index is 11.8. The fourth-order valence-corrected chi connectivity index (χ4v) is 1.30. The Labute approximate surface area is 105 Å². The van der Waals surface area contributed by atoms with E-state index >= 15 is 0 Å². The van der Waals surface area contributed by atoms with Crippen LogP contribution in [0.3, 0.4) is 0 Å². The van der Waals surface area contributed by atoms with Crippen LogP contribution >= 0.6 is 0 Å². The molecule has 0 radical (unpaired) electrons. The molecule has 7 nitrogen and oxygen atoms in total. The van der Waals surface area contributed by atoms with Gasteiger partial charge in [0.2, 0.25) is 5.91 Å². The minimum Gasteiger partial charge on any atom is -0.455 e. The highest BCUT2D eigenvalue weighted by atomic mass is 16.6. The van der Waals surface area contributed by atoms with E-state index < -0.39 is 17.5 Å². The second kappa shape index (κ2) is 5.16. The number of rotatable bonds is 4. The number of primary amides is 1. The number of carbonyl (C=O) groups is 2. The molecule has 1 amide bonds. The molecule has 18 heavy (non-hydrogen) atoms. The summed E-state index contributed by atoms with van der Waals surface area (Å²) in [5, 5.41) is 7.56. The van der Waals surface area contributed by atoms with Crippen LogP contribution in [0.4, 0.5) is 0 Å². The van der Waals surface area contributed by atoms with Crippen LogP contribution in [-0.4, -0.2) is 32.5 Å². The molecular formula is C11H18N4O3. The zero-order chi connectivity index (χ0) is 13.9. The molecule has 2 N–H and O–H groups in total. The standard InChI is InChI=1S/C11H18N4O3/c1-7-9(10(17)18-11(2,3)4)13-14-15(7)6-5-8(12)16/h5-6H2,1-4H3,(H2,12,16). The molecule has 0 aliphatic rings. The van der Waals surface area contributed by atoms with Gasteiger partial charge in [0.1, 0.15) is 5.60 Å². The molecule has 0 aromatic carbocycles. The quantitative estimate of drug-likeness (QED) is 0.785. The van der Waals surface area contributed by atoms with Gasteiger partial charge in [0.25, 0.3) is 0 Å². The minimum absolute atomic E-state index is 0.151. The molecule has 0 saturated carbocycles. The first kappa shape index (κ1) is 14.1. The number of amides is 1. The van der Waals surface area contributed by atoms with Crippen molar-refractivity contribution >= 4 is 11.9 Å². The van der Waals surface area contributed by atoms with Crippen LogP contribution in [0.5, 0.6) is 0 Å². The molecule has 1 heterocycles. The number of ether oxygens (including phenoxy) is 1. The summed E-state index contributed by atoms with van der Waals surface area (Å²) in [6, 6.07) is 0. The zero-order valence-corrected chi connectivity index (χ0v) is 11.1. The van der Waals surface area contributed by atoms with Crippen molar-refractivity contribution in [2.45, 2.75) is 46.3 Å². The van der Waals surface area contributed by atoms with Crippen LogP contribution in [-0.2, 0) is 16.1 Å². The number of aromatic nitrogens is 3. The summed E-state index contributed by atoms with van der Waals surface area (Å²) < 4.78 is 6.66. The van der Waals surface area contributed by atoms with Crippen molar-refractivity contribution in [3.8, 4) is 0 Å². The lowest BCUT2D eigenvalue weighted by atomic mass is 10.2. The Morgan fingerprint density at radius 1 is 1.39 bits per heavy atom. The van der Waals surface area contributed by atoms with Crippen molar-refractivity contribution in [2.24, 2.45) is 5.73 Å². The Balaban J connectivity index is 2.80. The molecule has 0 aliphatic heterocycles. The van der Waals surface area contributed by atoms with Crippen molar-refractivity contribution in [3.05, 3.63) is 11.4 Å². The van der Waals surface area contributed by atoms with E-state index in [0.29, 0.717) is 12.2 Å². The predicted octanol–water partition coefficient (Wildman–Crippen LogP) is 0.417. The highest BCUT2D eigenvalue weighted by molar-refractivity contribution is 5.88. The number of aryl methyl sites for hydroxylation is 1. The molecule has 100 valence electrons. The van der Waals surface area contributed by atoms with E-state index in [1.807, 2.05) is 0 Å². The van der Waals surface area contributed by atoms with Crippen molar-refractivity contribution in [1.82, 2.24) is 15.0 Å². The number of hydrogen-bond donors (Lipinski definition) is 1. The van der Waals surface area contributed by atoms with Gasteiger partial charge in [0.05, 0.1) is 12.2 Å². The summed E-state index contributed by atoms with van der Waals surface area (Å²) in [6.45, 7) is 7.32. The van der Waals surface area contributed by atoms with Gasteiger partial charge in [-0.2, -0.15) is 0 Å². The van der Waals surface area contributed by atoms with E-state index in [0.717, 1.165) is 0 Å². The average Bonchev–Trinajstić information content (AvgIpc) is 2.54. The van der Waals surface area contributed by atoms with Gasteiger partial charge in [0.15, 0.2) is 5.69 Å². The predicted molar refractivity (Wildman–Crippen MR) is 63.7 cm³/mol. The average molecular weight is 254 g/mol. The molecule has 1 aromatic rings. The first-order valence-corrected chi connectivity index (χ1v) is 5.62. The lowest BCUT2D eigenvalue weighted by Gasteiger charge is -2.18. The SMILES string of the molecule is Cc1c(C(=O)OC(C)(C)C)nnn1CCC(N)=O. The van der Waals surface area contributed by atoms with Gasteiger partial charge >= 0.3 is 5.97 Å². The molecule has 0 aliphatic carbocycles. The highest BCUT2D eigenvalue weighted by Crippen LogP contribution is 2.13. The Morgan fingerprint density at radius 3 is 2.50 bits per heavy atom. The van der Waals surface area contributed by atoms with Gasteiger partial charge in [-0.1, -0.05) is 5.21 Å². The summed E-state index contributed by atoms with van der Waals surface area (Å²) in [4.78, 5) is 22.5.